The van der Waals surface area contributed by atoms with E-state index in [0.29, 0.717) is 10.9 Å². The predicted molar refractivity (Wildman–Crippen MR) is 72.8 cm³/mol. The molecule has 1 atom stereocenters. The number of halogens is 5. The molecule has 1 aromatic rings. The van der Waals surface area contributed by atoms with Crippen molar-refractivity contribution in [1.29, 1.82) is 0 Å². The lowest BCUT2D eigenvalue weighted by Gasteiger charge is -2.24. The van der Waals surface area contributed by atoms with E-state index in [2.05, 4.69) is 21.2 Å². The second-order valence-electron chi connectivity index (χ2n) is 3.94. The molecule has 1 rings (SSSR count). The van der Waals surface area contributed by atoms with Crippen LogP contribution in [0.25, 0.3) is 0 Å². The third-order valence-corrected chi connectivity index (χ3v) is 3.29. The highest BCUT2D eigenvalue weighted by molar-refractivity contribution is 9.10. The fourth-order valence-electron chi connectivity index (χ4n) is 1.70. The van der Waals surface area contributed by atoms with E-state index in [1.54, 1.807) is 6.92 Å². The van der Waals surface area contributed by atoms with Gasteiger partial charge in [-0.2, -0.15) is 13.2 Å². The van der Waals surface area contributed by atoms with Gasteiger partial charge in [-0.15, -0.1) is 0 Å². The molecule has 0 aliphatic heterocycles. The SMILES string of the molecule is CCCNC(c1cc(Cl)cc(Br)c1OC)C(F)(F)F. The topological polar surface area (TPSA) is 21.3 Å². The summed E-state index contributed by atoms with van der Waals surface area (Å²) in [5.41, 5.74) is -0.0252. The Labute approximate surface area is 123 Å². The Balaban J connectivity index is 3.28. The van der Waals surface area contributed by atoms with Gasteiger partial charge in [0.1, 0.15) is 11.8 Å². The van der Waals surface area contributed by atoms with Gasteiger partial charge in [0, 0.05) is 10.6 Å². The van der Waals surface area contributed by atoms with Gasteiger partial charge in [0.25, 0.3) is 0 Å². The second-order valence-corrected chi connectivity index (χ2v) is 5.23. The van der Waals surface area contributed by atoms with Crippen molar-refractivity contribution in [3.05, 3.63) is 27.2 Å². The molecule has 0 saturated heterocycles. The van der Waals surface area contributed by atoms with Gasteiger partial charge in [0.15, 0.2) is 0 Å². The van der Waals surface area contributed by atoms with Crippen molar-refractivity contribution >= 4 is 27.5 Å². The van der Waals surface area contributed by atoms with Crippen LogP contribution in [0, 0.1) is 0 Å². The molecule has 1 N–H and O–H groups in total. The Morgan fingerprint density at radius 1 is 1.42 bits per heavy atom. The largest absolute Gasteiger partial charge is 0.495 e. The van der Waals surface area contributed by atoms with Gasteiger partial charge in [-0.1, -0.05) is 18.5 Å². The van der Waals surface area contributed by atoms with Crippen LogP contribution in [0.3, 0.4) is 0 Å². The molecule has 0 aromatic heterocycles. The summed E-state index contributed by atoms with van der Waals surface area (Å²) >= 11 is 8.98. The van der Waals surface area contributed by atoms with E-state index in [4.69, 9.17) is 16.3 Å². The molecule has 1 aromatic carbocycles. The molecule has 2 nitrogen and oxygen atoms in total. The number of rotatable bonds is 5. The average molecular weight is 361 g/mol. The number of nitrogens with one attached hydrogen (secondary N) is 1. The molecule has 0 heterocycles. The summed E-state index contributed by atoms with van der Waals surface area (Å²) in [5, 5.41) is 2.69. The zero-order valence-electron chi connectivity index (χ0n) is 10.4. The van der Waals surface area contributed by atoms with E-state index in [9.17, 15) is 13.2 Å². The highest BCUT2D eigenvalue weighted by atomic mass is 79.9. The molecule has 108 valence electrons. The normalized spacial score (nSPS) is 13.4. The van der Waals surface area contributed by atoms with Crippen LogP contribution in [-0.4, -0.2) is 19.8 Å². The van der Waals surface area contributed by atoms with Crippen molar-refractivity contribution in [3.8, 4) is 5.75 Å². The summed E-state index contributed by atoms with van der Waals surface area (Å²) in [6, 6.07) is 0.959. The van der Waals surface area contributed by atoms with Crippen LogP contribution >= 0.6 is 27.5 Å². The molecule has 1 unspecified atom stereocenters. The van der Waals surface area contributed by atoms with Crippen LogP contribution in [-0.2, 0) is 0 Å². The molecule has 0 aliphatic carbocycles. The highest BCUT2D eigenvalue weighted by Crippen LogP contribution is 2.42. The smallest absolute Gasteiger partial charge is 0.408 e. The number of hydrogen-bond donors (Lipinski definition) is 1. The Hall–Kier alpha value is -0.460. The molecule has 0 spiro atoms. The summed E-state index contributed by atoms with van der Waals surface area (Å²) < 4.78 is 44.8. The molecule has 7 heteroatoms. The standard InChI is InChI=1S/C12H14BrClF3NO/c1-3-4-18-11(12(15,16)17)8-5-7(14)6-9(13)10(8)19-2/h5-6,11,18H,3-4H2,1-2H3. The van der Waals surface area contributed by atoms with Gasteiger partial charge in [-0.25, -0.2) is 0 Å². The average Bonchev–Trinajstić information content (AvgIpc) is 2.27. The lowest BCUT2D eigenvalue weighted by Crippen LogP contribution is -2.35. The fourth-order valence-corrected chi connectivity index (χ4v) is 2.70. The number of benzene rings is 1. The highest BCUT2D eigenvalue weighted by Gasteiger charge is 2.42. The Morgan fingerprint density at radius 3 is 2.53 bits per heavy atom. The van der Waals surface area contributed by atoms with Crippen LogP contribution in [0.5, 0.6) is 5.75 Å². The number of hydrogen-bond acceptors (Lipinski definition) is 2. The van der Waals surface area contributed by atoms with E-state index in [0.717, 1.165) is 0 Å². The minimum Gasteiger partial charge on any atom is -0.495 e. The molecule has 0 aliphatic rings. The van der Waals surface area contributed by atoms with Crippen molar-refractivity contribution < 1.29 is 17.9 Å². The van der Waals surface area contributed by atoms with Gasteiger partial charge in [-0.3, -0.25) is 0 Å². The maximum atomic E-state index is 13.1. The summed E-state index contributed by atoms with van der Waals surface area (Å²) in [7, 11) is 1.32. The van der Waals surface area contributed by atoms with Crippen molar-refractivity contribution in [3.63, 3.8) is 0 Å². The minimum absolute atomic E-state index is 0.0252. The molecule has 0 amide bonds. The van der Waals surface area contributed by atoms with Gasteiger partial charge in [-0.05, 0) is 41.0 Å². The maximum Gasteiger partial charge on any atom is 0.408 e. The van der Waals surface area contributed by atoms with Gasteiger partial charge >= 0.3 is 6.18 Å². The van der Waals surface area contributed by atoms with E-state index >= 15 is 0 Å². The maximum absolute atomic E-state index is 13.1. The summed E-state index contributed by atoms with van der Waals surface area (Å²) in [5.74, 6) is 0.135. The van der Waals surface area contributed by atoms with Crippen molar-refractivity contribution in [1.82, 2.24) is 5.32 Å². The first-order chi connectivity index (χ1) is 8.81. The number of alkyl halides is 3. The Kier molecular flexibility index (Phi) is 5.95. The number of methoxy groups -OCH3 is 1. The quantitative estimate of drug-likeness (QED) is 0.821. The first-order valence-electron chi connectivity index (χ1n) is 5.64. The molecular weight excluding hydrogens is 346 g/mol. The Morgan fingerprint density at radius 2 is 2.05 bits per heavy atom. The first-order valence-corrected chi connectivity index (χ1v) is 6.81. The van der Waals surface area contributed by atoms with Gasteiger partial charge < -0.3 is 10.1 Å². The molecule has 19 heavy (non-hydrogen) atoms. The molecular formula is C12H14BrClF3NO. The van der Waals surface area contributed by atoms with E-state index in [1.807, 2.05) is 0 Å². The molecule has 0 radical (unpaired) electrons. The lowest BCUT2D eigenvalue weighted by atomic mass is 10.0. The van der Waals surface area contributed by atoms with E-state index in [1.165, 1.54) is 19.2 Å². The van der Waals surface area contributed by atoms with Gasteiger partial charge in [0.05, 0.1) is 11.6 Å². The van der Waals surface area contributed by atoms with Gasteiger partial charge in [0.2, 0.25) is 0 Å². The summed E-state index contributed by atoms with van der Waals surface area (Å²) in [4.78, 5) is 0. The zero-order chi connectivity index (χ0) is 14.6. The third kappa shape index (κ3) is 4.26. The van der Waals surface area contributed by atoms with Crippen LogP contribution in [0.4, 0.5) is 13.2 Å². The molecule has 0 bridgehead atoms. The van der Waals surface area contributed by atoms with Crippen molar-refractivity contribution in [2.75, 3.05) is 13.7 Å². The summed E-state index contributed by atoms with van der Waals surface area (Å²) in [6.45, 7) is 2.04. The van der Waals surface area contributed by atoms with Crippen molar-refractivity contribution in [2.24, 2.45) is 0 Å². The molecule has 0 saturated carbocycles. The van der Waals surface area contributed by atoms with E-state index < -0.39 is 12.2 Å². The lowest BCUT2D eigenvalue weighted by molar-refractivity contribution is -0.158. The third-order valence-electron chi connectivity index (χ3n) is 2.48. The predicted octanol–water partition coefficient (Wildman–Crippen LogP) is 4.71. The van der Waals surface area contributed by atoms with Crippen LogP contribution in [0.15, 0.2) is 16.6 Å². The minimum atomic E-state index is -4.42. The van der Waals surface area contributed by atoms with Crippen LogP contribution < -0.4 is 10.1 Å². The van der Waals surface area contributed by atoms with Crippen LogP contribution in [0.1, 0.15) is 24.9 Å². The van der Waals surface area contributed by atoms with E-state index in [-0.39, 0.29) is 22.9 Å². The second kappa shape index (κ2) is 6.81. The first kappa shape index (κ1) is 16.6. The Bertz CT molecular complexity index is 440. The monoisotopic (exact) mass is 359 g/mol. The molecule has 0 fully saturated rings. The zero-order valence-corrected chi connectivity index (χ0v) is 12.8. The fraction of sp³-hybridized carbons (Fsp3) is 0.500. The van der Waals surface area contributed by atoms with Crippen LogP contribution in [0.2, 0.25) is 5.02 Å². The number of ether oxygens (including phenoxy) is 1. The van der Waals surface area contributed by atoms with Crippen molar-refractivity contribution in [2.45, 2.75) is 25.6 Å². The summed E-state index contributed by atoms with van der Waals surface area (Å²) in [6.07, 6.45) is -3.83.